The summed E-state index contributed by atoms with van der Waals surface area (Å²) in [6.07, 6.45) is 4.68. The number of amides is 1. The van der Waals surface area contributed by atoms with Gasteiger partial charge in [-0.25, -0.2) is 4.79 Å². The van der Waals surface area contributed by atoms with Crippen molar-refractivity contribution in [2.45, 2.75) is 25.2 Å². The van der Waals surface area contributed by atoms with E-state index < -0.39 is 29.7 Å². The Balaban J connectivity index is 1.60. The van der Waals surface area contributed by atoms with E-state index in [4.69, 9.17) is 0 Å². The van der Waals surface area contributed by atoms with Crippen LogP contribution >= 0.6 is 0 Å². The molecule has 0 spiro atoms. The SMILES string of the molecule is Cn1cc(CC(C(=O)O)N(Cc2ccc(-c3ccncc3)cc2)C(=O)C=Cc2ccc(C(F)(F)F)cc2)cn1. The number of pyridine rings is 1. The summed E-state index contributed by atoms with van der Waals surface area (Å²) in [6.45, 7) is 0.00401. The number of aliphatic carboxylic acids is 1. The number of hydrogen-bond acceptors (Lipinski definition) is 4. The van der Waals surface area contributed by atoms with Crippen LogP contribution in [0, 0.1) is 0 Å². The number of benzene rings is 2. The van der Waals surface area contributed by atoms with Crippen LogP contribution in [0.3, 0.4) is 0 Å². The standard InChI is InChI=1S/C29H25F3N4O3/c1-35-18-22(17-34-35)16-26(28(38)39)36(19-21-2-7-23(8-3-21)24-12-14-33-15-13-24)27(37)11-6-20-4-9-25(10-5-20)29(30,31)32/h2-15,17-18,26H,16,19H2,1H3,(H,38,39). The second-order valence-electron chi connectivity index (χ2n) is 8.93. The molecule has 2 aromatic heterocycles. The maximum atomic E-state index is 13.3. The van der Waals surface area contributed by atoms with Gasteiger partial charge in [0.1, 0.15) is 6.04 Å². The van der Waals surface area contributed by atoms with Crippen molar-refractivity contribution in [3.63, 3.8) is 0 Å². The molecule has 0 aliphatic rings. The van der Waals surface area contributed by atoms with Crippen molar-refractivity contribution in [3.05, 3.63) is 114 Å². The molecule has 1 amide bonds. The first-order valence-corrected chi connectivity index (χ1v) is 12.0. The van der Waals surface area contributed by atoms with Crippen LogP contribution in [0.15, 0.2) is 91.5 Å². The van der Waals surface area contributed by atoms with Gasteiger partial charge in [-0.05, 0) is 58.2 Å². The van der Waals surface area contributed by atoms with Crippen LogP contribution in [0.5, 0.6) is 0 Å². The Hall–Kier alpha value is -4.73. The third-order valence-electron chi connectivity index (χ3n) is 6.11. The number of hydrogen-bond donors (Lipinski definition) is 1. The highest BCUT2D eigenvalue weighted by molar-refractivity contribution is 5.94. The van der Waals surface area contributed by atoms with Crippen LogP contribution < -0.4 is 0 Å². The molecule has 4 rings (SSSR count). The molecule has 1 unspecified atom stereocenters. The number of halogens is 3. The first kappa shape index (κ1) is 27.3. The van der Waals surface area contributed by atoms with Gasteiger partial charge >= 0.3 is 12.1 Å². The van der Waals surface area contributed by atoms with Gasteiger partial charge in [-0.1, -0.05) is 36.4 Å². The van der Waals surface area contributed by atoms with Crippen LogP contribution in [0.4, 0.5) is 13.2 Å². The van der Waals surface area contributed by atoms with Gasteiger partial charge in [0, 0.05) is 44.7 Å². The summed E-state index contributed by atoms with van der Waals surface area (Å²) in [4.78, 5) is 30.9. The highest BCUT2D eigenvalue weighted by Crippen LogP contribution is 2.29. The van der Waals surface area contributed by atoms with E-state index in [9.17, 15) is 27.9 Å². The zero-order valence-electron chi connectivity index (χ0n) is 20.9. The first-order valence-electron chi connectivity index (χ1n) is 12.0. The molecule has 1 N–H and O–H groups in total. The number of carbonyl (C=O) groups excluding carboxylic acids is 1. The van der Waals surface area contributed by atoms with E-state index in [1.54, 1.807) is 36.5 Å². The molecule has 4 aromatic rings. The predicted octanol–water partition coefficient (Wildman–Crippen LogP) is 5.24. The molecule has 10 heteroatoms. The third kappa shape index (κ3) is 7.19. The summed E-state index contributed by atoms with van der Waals surface area (Å²) in [5, 5.41) is 14.1. The molecule has 2 heterocycles. The summed E-state index contributed by atoms with van der Waals surface area (Å²) in [7, 11) is 1.71. The van der Waals surface area contributed by atoms with E-state index >= 15 is 0 Å². The zero-order valence-corrected chi connectivity index (χ0v) is 20.9. The fourth-order valence-corrected chi connectivity index (χ4v) is 4.06. The molecule has 0 aliphatic heterocycles. The Labute approximate surface area is 222 Å². The van der Waals surface area contributed by atoms with E-state index in [-0.39, 0.29) is 13.0 Å². The minimum atomic E-state index is -4.47. The monoisotopic (exact) mass is 534 g/mol. The predicted molar refractivity (Wildman–Crippen MR) is 139 cm³/mol. The molecular weight excluding hydrogens is 509 g/mol. The molecule has 0 aliphatic carbocycles. The summed E-state index contributed by atoms with van der Waals surface area (Å²) in [5.41, 5.74) is 2.82. The topological polar surface area (TPSA) is 88.3 Å². The summed E-state index contributed by atoms with van der Waals surface area (Å²) >= 11 is 0. The van der Waals surface area contributed by atoms with Crippen LogP contribution in [0.2, 0.25) is 0 Å². The minimum Gasteiger partial charge on any atom is -0.480 e. The molecule has 39 heavy (non-hydrogen) atoms. The van der Waals surface area contributed by atoms with Crippen molar-refractivity contribution in [3.8, 4) is 11.1 Å². The number of aromatic nitrogens is 3. The van der Waals surface area contributed by atoms with E-state index in [1.165, 1.54) is 29.2 Å². The van der Waals surface area contributed by atoms with Gasteiger partial charge in [-0.2, -0.15) is 18.3 Å². The fourth-order valence-electron chi connectivity index (χ4n) is 4.06. The van der Waals surface area contributed by atoms with Gasteiger partial charge in [0.2, 0.25) is 5.91 Å². The number of aryl methyl sites for hydroxylation is 1. The van der Waals surface area contributed by atoms with Gasteiger partial charge in [-0.15, -0.1) is 0 Å². The lowest BCUT2D eigenvalue weighted by Gasteiger charge is -2.28. The van der Waals surface area contributed by atoms with Crippen molar-refractivity contribution in [2.75, 3.05) is 0 Å². The van der Waals surface area contributed by atoms with Crippen LogP contribution in [0.25, 0.3) is 17.2 Å². The summed E-state index contributed by atoms with van der Waals surface area (Å²) < 4.78 is 40.2. The molecule has 0 saturated carbocycles. The van der Waals surface area contributed by atoms with Crippen molar-refractivity contribution in [1.82, 2.24) is 19.7 Å². The van der Waals surface area contributed by atoms with Crippen molar-refractivity contribution < 1.29 is 27.9 Å². The second-order valence-corrected chi connectivity index (χ2v) is 8.93. The summed E-state index contributed by atoms with van der Waals surface area (Å²) in [6, 6.07) is 14.3. The Morgan fingerprint density at radius 2 is 1.62 bits per heavy atom. The van der Waals surface area contributed by atoms with E-state index in [0.29, 0.717) is 16.7 Å². The van der Waals surface area contributed by atoms with Crippen molar-refractivity contribution in [1.29, 1.82) is 0 Å². The van der Waals surface area contributed by atoms with Gasteiger partial charge in [0.15, 0.2) is 0 Å². The number of alkyl halides is 3. The zero-order chi connectivity index (χ0) is 28.0. The quantitative estimate of drug-likeness (QED) is 0.297. The smallest absolute Gasteiger partial charge is 0.416 e. The molecule has 200 valence electrons. The lowest BCUT2D eigenvalue weighted by atomic mass is 10.0. The average molecular weight is 535 g/mol. The molecule has 2 aromatic carbocycles. The highest BCUT2D eigenvalue weighted by Gasteiger charge is 2.31. The average Bonchev–Trinajstić information content (AvgIpc) is 3.34. The largest absolute Gasteiger partial charge is 0.480 e. The van der Waals surface area contributed by atoms with Crippen LogP contribution in [-0.2, 0) is 35.8 Å². The maximum Gasteiger partial charge on any atom is 0.416 e. The van der Waals surface area contributed by atoms with Crippen LogP contribution in [-0.4, -0.2) is 42.7 Å². The van der Waals surface area contributed by atoms with Gasteiger partial charge in [0.05, 0.1) is 11.8 Å². The van der Waals surface area contributed by atoms with Gasteiger partial charge < -0.3 is 10.0 Å². The molecule has 0 fully saturated rings. The Morgan fingerprint density at radius 3 is 2.18 bits per heavy atom. The van der Waals surface area contributed by atoms with E-state index in [0.717, 1.165) is 23.3 Å². The van der Waals surface area contributed by atoms with Gasteiger partial charge in [0.25, 0.3) is 0 Å². The third-order valence-corrected chi connectivity index (χ3v) is 6.11. The second kappa shape index (κ2) is 11.8. The molecule has 0 saturated heterocycles. The van der Waals surface area contributed by atoms with Gasteiger partial charge in [-0.3, -0.25) is 14.5 Å². The van der Waals surface area contributed by atoms with E-state index in [1.807, 2.05) is 36.4 Å². The summed E-state index contributed by atoms with van der Waals surface area (Å²) in [5.74, 6) is -1.78. The lowest BCUT2D eigenvalue weighted by molar-refractivity contribution is -0.148. The Morgan fingerprint density at radius 1 is 0.974 bits per heavy atom. The lowest BCUT2D eigenvalue weighted by Crippen LogP contribution is -2.45. The van der Waals surface area contributed by atoms with Crippen molar-refractivity contribution in [2.24, 2.45) is 7.05 Å². The molecule has 0 radical (unpaired) electrons. The minimum absolute atomic E-state index is 0.00401. The number of rotatable bonds is 9. The molecule has 7 nitrogen and oxygen atoms in total. The number of carbonyl (C=O) groups is 2. The molecular formula is C29H25F3N4O3. The number of carboxylic acid groups (broad SMARTS) is 1. The first-order chi connectivity index (χ1) is 18.6. The van der Waals surface area contributed by atoms with Crippen LogP contribution in [0.1, 0.15) is 22.3 Å². The van der Waals surface area contributed by atoms with Crippen molar-refractivity contribution >= 4 is 18.0 Å². The molecule has 1 atom stereocenters. The highest BCUT2D eigenvalue weighted by atomic mass is 19.4. The van der Waals surface area contributed by atoms with E-state index in [2.05, 4.69) is 10.1 Å². The Bertz CT molecular complexity index is 1450. The normalized spacial score (nSPS) is 12.4. The fraction of sp³-hybridized carbons (Fsp3) is 0.172. The Kier molecular flexibility index (Phi) is 8.24. The molecule has 0 bridgehead atoms. The number of carboxylic acids is 1. The maximum absolute atomic E-state index is 13.3. The number of nitrogens with zero attached hydrogens (tertiary/aromatic N) is 4.